The standard InChI is InChI=1S/C19H19N3O3S/c1-26(24,25)21-13-18(14-6-3-2-4-7-14)22-19(23)16-9-10-17-15(12-16)8-5-11-20-17/h2-12,18,21H,13H2,1H3,(H,22,23). The number of pyridine rings is 1. The molecule has 0 radical (unpaired) electrons. The third kappa shape index (κ3) is 4.65. The SMILES string of the molecule is CS(=O)(=O)NCC(NC(=O)c1ccc2ncccc2c1)c1ccccc1. The highest BCUT2D eigenvalue weighted by atomic mass is 32.2. The van der Waals surface area contributed by atoms with Gasteiger partial charge in [-0.05, 0) is 29.8 Å². The number of rotatable bonds is 6. The topological polar surface area (TPSA) is 88.2 Å². The van der Waals surface area contributed by atoms with Gasteiger partial charge in [0.15, 0.2) is 0 Å². The number of nitrogens with zero attached hydrogens (tertiary/aromatic N) is 1. The summed E-state index contributed by atoms with van der Waals surface area (Å²) in [6.45, 7) is 0.0731. The van der Waals surface area contributed by atoms with Crippen molar-refractivity contribution in [2.75, 3.05) is 12.8 Å². The molecule has 3 aromatic rings. The summed E-state index contributed by atoms with van der Waals surface area (Å²) in [4.78, 5) is 16.9. The zero-order valence-electron chi connectivity index (χ0n) is 14.2. The van der Waals surface area contributed by atoms with E-state index in [0.29, 0.717) is 5.56 Å². The van der Waals surface area contributed by atoms with Crippen molar-refractivity contribution >= 4 is 26.8 Å². The van der Waals surface area contributed by atoms with E-state index in [1.54, 1.807) is 24.4 Å². The molecule has 0 aliphatic heterocycles. The summed E-state index contributed by atoms with van der Waals surface area (Å²) >= 11 is 0. The first-order valence-electron chi connectivity index (χ1n) is 8.07. The maximum absolute atomic E-state index is 12.7. The second kappa shape index (κ2) is 7.63. The molecule has 0 aliphatic rings. The van der Waals surface area contributed by atoms with Crippen molar-refractivity contribution in [2.24, 2.45) is 0 Å². The molecule has 0 saturated heterocycles. The normalized spacial score (nSPS) is 12.7. The van der Waals surface area contributed by atoms with Crippen LogP contribution in [-0.4, -0.2) is 32.1 Å². The van der Waals surface area contributed by atoms with Gasteiger partial charge in [-0.25, -0.2) is 13.1 Å². The largest absolute Gasteiger partial charge is 0.344 e. The van der Waals surface area contributed by atoms with Crippen LogP contribution >= 0.6 is 0 Å². The molecule has 0 aliphatic carbocycles. The molecule has 1 amide bonds. The van der Waals surface area contributed by atoms with Crippen LogP contribution in [0.5, 0.6) is 0 Å². The second-order valence-electron chi connectivity index (χ2n) is 5.97. The summed E-state index contributed by atoms with van der Waals surface area (Å²) in [5, 5.41) is 3.77. The van der Waals surface area contributed by atoms with Gasteiger partial charge in [-0.1, -0.05) is 36.4 Å². The number of nitrogens with one attached hydrogen (secondary N) is 2. The Bertz CT molecular complexity index is 1020. The average Bonchev–Trinajstić information content (AvgIpc) is 2.64. The lowest BCUT2D eigenvalue weighted by atomic mass is 10.1. The van der Waals surface area contributed by atoms with E-state index in [1.807, 2.05) is 42.5 Å². The third-order valence-electron chi connectivity index (χ3n) is 3.92. The van der Waals surface area contributed by atoms with Gasteiger partial charge < -0.3 is 5.32 Å². The number of aromatic nitrogens is 1. The summed E-state index contributed by atoms with van der Waals surface area (Å²) in [5.41, 5.74) is 2.12. The number of hydrogen-bond acceptors (Lipinski definition) is 4. The molecule has 0 bridgehead atoms. The Morgan fingerprint density at radius 2 is 1.85 bits per heavy atom. The monoisotopic (exact) mass is 369 g/mol. The molecule has 0 fully saturated rings. The number of carbonyl (C=O) groups is 1. The molecular formula is C19H19N3O3S. The molecule has 1 aromatic heterocycles. The van der Waals surface area contributed by atoms with E-state index in [0.717, 1.165) is 22.7 Å². The van der Waals surface area contributed by atoms with E-state index in [9.17, 15) is 13.2 Å². The molecule has 0 spiro atoms. The Morgan fingerprint density at radius 3 is 2.58 bits per heavy atom. The highest BCUT2D eigenvalue weighted by Crippen LogP contribution is 2.16. The van der Waals surface area contributed by atoms with Crippen molar-refractivity contribution in [1.29, 1.82) is 0 Å². The minimum Gasteiger partial charge on any atom is -0.344 e. The fourth-order valence-electron chi connectivity index (χ4n) is 2.63. The first-order chi connectivity index (χ1) is 12.4. The number of benzene rings is 2. The first kappa shape index (κ1) is 18.0. The maximum atomic E-state index is 12.7. The fraction of sp³-hybridized carbons (Fsp3) is 0.158. The molecule has 1 heterocycles. The van der Waals surface area contributed by atoms with Gasteiger partial charge in [0.05, 0.1) is 17.8 Å². The van der Waals surface area contributed by atoms with Crippen molar-refractivity contribution in [3.05, 3.63) is 78.0 Å². The van der Waals surface area contributed by atoms with Gasteiger partial charge >= 0.3 is 0 Å². The Hall–Kier alpha value is -2.77. The first-order valence-corrected chi connectivity index (χ1v) is 9.97. The number of carbonyl (C=O) groups excluding carboxylic acids is 1. The molecular weight excluding hydrogens is 350 g/mol. The molecule has 134 valence electrons. The Kier molecular flexibility index (Phi) is 5.29. The van der Waals surface area contributed by atoms with Gasteiger partial charge in [0, 0.05) is 23.7 Å². The number of amides is 1. The summed E-state index contributed by atoms with van der Waals surface area (Å²) in [5.74, 6) is -0.278. The predicted octanol–water partition coefficient (Wildman–Crippen LogP) is 2.26. The molecule has 7 heteroatoms. The molecule has 1 atom stereocenters. The molecule has 2 N–H and O–H groups in total. The van der Waals surface area contributed by atoms with Crippen LogP contribution in [0.3, 0.4) is 0 Å². The maximum Gasteiger partial charge on any atom is 0.251 e. The Labute approximate surface area is 152 Å². The van der Waals surface area contributed by atoms with Gasteiger partial charge in [-0.3, -0.25) is 9.78 Å². The molecule has 1 unspecified atom stereocenters. The minimum atomic E-state index is -3.37. The van der Waals surface area contributed by atoms with E-state index < -0.39 is 16.1 Å². The summed E-state index contributed by atoms with van der Waals surface area (Å²) in [6, 6.07) is 17.7. The lowest BCUT2D eigenvalue weighted by Crippen LogP contribution is -2.37. The third-order valence-corrected chi connectivity index (χ3v) is 4.61. The van der Waals surface area contributed by atoms with Gasteiger partial charge in [0.2, 0.25) is 10.0 Å². The number of sulfonamides is 1. The van der Waals surface area contributed by atoms with E-state index >= 15 is 0 Å². The quantitative estimate of drug-likeness (QED) is 0.698. The van der Waals surface area contributed by atoms with E-state index in [-0.39, 0.29) is 12.5 Å². The summed E-state index contributed by atoms with van der Waals surface area (Å²) in [7, 11) is -3.37. The van der Waals surface area contributed by atoms with E-state index in [1.165, 1.54) is 0 Å². The van der Waals surface area contributed by atoms with Crippen LogP contribution in [0.2, 0.25) is 0 Å². The number of fused-ring (bicyclic) bond motifs is 1. The Morgan fingerprint density at radius 1 is 1.08 bits per heavy atom. The van der Waals surface area contributed by atoms with Gasteiger partial charge in [0.25, 0.3) is 5.91 Å². The smallest absolute Gasteiger partial charge is 0.251 e. The van der Waals surface area contributed by atoms with Crippen LogP contribution in [0.4, 0.5) is 0 Å². The van der Waals surface area contributed by atoms with Gasteiger partial charge in [-0.15, -0.1) is 0 Å². The minimum absolute atomic E-state index is 0.0731. The lowest BCUT2D eigenvalue weighted by molar-refractivity contribution is 0.0937. The van der Waals surface area contributed by atoms with Crippen molar-refractivity contribution in [3.8, 4) is 0 Å². The highest BCUT2D eigenvalue weighted by molar-refractivity contribution is 7.88. The van der Waals surface area contributed by atoms with Crippen LogP contribution in [0.1, 0.15) is 22.0 Å². The number of hydrogen-bond donors (Lipinski definition) is 2. The van der Waals surface area contributed by atoms with Crippen LogP contribution in [-0.2, 0) is 10.0 Å². The van der Waals surface area contributed by atoms with Gasteiger partial charge in [0.1, 0.15) is 0 Å². The van der Waals surface area contributed by atoms with Crippen LogP contribution in [0, 0.1) is 0 Å². The molecule has 6 nitrogen and oxygen atoms in total. The van der Waals surface area contributed by atoms with Crippen molar-refractivity contribution in [1.82, 2.24) is 15.0 Å². The predicted molar refractivity (Wildman–Crippen MR) is 101 cm³/mol. The zero-order valence-corrected chi connectivity index (χ0v) is 15.0. The molecule has 2 aromatic carbocycles. The summed E-state index contributed by atoms with van der Waals surface area (Å²) < 4.78 is 25.3. The van der Waals surface area contributed by atoms with Gasteiger partial charge in [-0.2, -0.15) is 0 Å². The lowest BCUT2D eigenvalue weighted by Gasteiger charge is -2.19. The van der Waals surface area contributed by atoms with Crippen LogP contribution < -0.4 is 10.0 Å². The van der Waals surface area contributed by atoms with E-state index in [4.69, 9.17) is 0 Å². The second-order valence-corrected chi connectivity index (χ2v) is 7.80. The zero-order chi connectivity index (χ0) is 18.6. The van der Waals surface area contributed by atoms with Crippen LogP contribution in [0.25, 0.3) is 10.9 Å². The molecule has 26 heavy (non-hydrogen) atoms. The summed E-state index contributed by atoms with van der Waals surface area (Å²) in [6.07, 6.45) is 2.79. The molecule has 3 rings (SSSR count). The average molecular weight is 369 g/mol. The van der Waals surface area contributed by atoms with Crippen molar-refractivity contribution < 1.29 is 13.2 Å². The van der Waals surface area contributed by atoms with E-state index in [2.05, 4.69) is 15.0 Å². The van der Waals surface area contributed by atoms with Crippen molar-refractivity contribution in [3.63, 3.8) is 0 Å². The fourth-order valence-corrected chi connectivity index (χ4v) is 3.10. The Balaban J connectivity index is 1.83. The molecule has 0 saturated carbocycles. The van der Waals surface area contributed by atoms with Crippen LogP contribution in [0.15, 0.2) is 66.9 Å². The highest BCUT2D eigenvalue weighted by Gasteiger charge is 2.17. The van der Waals surface area contributed by atoms with Crippen molar-refractivity contribution in [2.45, 2.75) is 6.04 Å².